The minimum atomic E-state index is -0.570. The van der Waals surface area contributed by atoms with Crippen molar-refractivity contribution in [3.05, 3.63) is 35.6 Å². The van der Waals surface area contributed by atoms with Crippen LogP contribution in [-0.4, -0.2) is 54.2 Å². The number of nitrogens with zero attached hydrogens (tertiary/aromatic N) is 2. The van der Waals surface area contributed by atoms with E-state index in [1.165, 1.54) is 12.1 Å². The van der Waals surface area contributed by atoms with Gasteiger partial charge in [-0.05, 0) is 30.7 Å². The zero-order valence-corrected chi connectivity index (χ0v) is 11.6. The fourth-order valence-electron chi connectivity index (χ4n) is 2.51. The van der Waals surface area contributed by atoms with Crippen LogP contribution in [0.5, 0.6) is 0 Å². The molecule has 1 heterocycles. The Hall–Kier alpha value is -0.970. The van der Waals surface area contributed by atoms with Gasteiger partial charge in [-0.15, -0.1) is 0 Å². The van der Waals surface area contributed by atoms with Crippen molar-refractivity contribution in [1.29, 1.82) is 0 Å². The van der Waals surface area contributed by atoms with E-state index < -0.39 is 6.10 Å². The summed E-state index contributed by atoms with van der Waals surface area (Å²) in [5, 5.41) is 10.1. The Morgan fingerprint density at radius 3 is 2.53 bits per heavy atom. The summed E-state index contributed by atoms with van der Waals surface area (Å²) in [6.07, 6.45) is 0.0927. The highest BCUT2D eigenvalue weighted by atomic mass is 19.1. The van der Waals surface area contributed by atoms with Crippen molar-refractivity contribution >= 4 is 0 Å². The first kappa shape index (κ1) is 14.4. The Balaban J connectivity index is 1.76. The molecule has 1 aliphatic rings. The van der Waals surface area contributed by atoms with E-state index in [0.717, 1.165) is 39.3 Å². The average molecular weight is 266 g/mol. The molecule has 19 heavy (non-hydrogen) atoms. The van der Waals surface area contributed by atoms with Crippen LogP contribution in [0.1, 0.15) is 25.0 Å². The molecule has 1 atom stereocenters. The maximum absolute atomic E-state index is 13.1. The lowest BCUT2D eigenvalue weighted by Crippen LogP contribution is -2.46. The number of likely N-dealkylation sites (N-methyl/N-ethyl adjacent to an activating group) is 1. The summed E-state index contributed by atoms with van der Waals surface area (Å²) in [7, 11) is 0. The standard InChI is InChI=1S/C15H23FN2O/c1-2-17-8-10-18(11-9-17)7-6-15(19)13-4-3-5-14(16)12-13/h3-5,12,15,19H,2,6-11H2,1H3. The van der Waals surface area contributed by atoms with Gasteiger partial charge in [-0.25, -0.2) is 4.39 Å². The van der Waals surface area contributed by atoms with Gasteiger partial charge < -0.3 is 14.9 Å². The number of piperazine rings is 1. The van der Waals surface area contributed by atoms with E-state index in [1.807, 2.05) is 0 Å². The minimum absolute atomic E-state index is 0.284. The molecular formula is C15H23FN2O. The topological polar surface area (TPSA) is 26.7 Å². The van der Waals surface area contributed by atoms with E-state index >= 15 is 0 Å². The van der Waals surface area contributed by atoms with Crippen LogP contribution in [-0.2, 0) is 0 Å². The molecule has 1 aromatic carbocycles. The van der Waals surface area contributed by atoms with Gasteiger partial charge in [-0.3, -0.25) is 0 Å². The molecule has 4 heteroatoms. The predicted octanol–water partition coefficient (Wildman–Crippen LogP) is 1.89. The highest BCUT2D eigenvalue weighted by Gasteiger charge is 2.16. The Labute approximate surface area is 114 Å². The normalized spacial score (nSPS) is 19.5. The van der Waals surface area contributed by atoms with Crippen LogP contribution < -0.4 is 0 Å². The number of halogens is 1. The molecule has 0 radical (unpaired) electrons. The highest BCUT2D eigenvalue weighted by molar-refractivity contribution is 5.18. The fraction of sp³-hybridized carbons (Fsp3) is 0.600. The SMILES string of the molecule is CCN1CCN(CCC(O)c2cccc(F)c2)CC1. The quantitative estimate of drug-likeness (QED) is 0.881. The number of rotatable bonds is 5. The molecule has 0 aliphatic carbocycles. The van der Waals surface area contributed by atoms with E-state index in [2.05, 4.69) is 16.7 Å². The van der Waals surface area contributed by atoms with Crippen LogP contribution in [0.2, 0.25) is 0 Å². The molecule has 1 aliphatic heterocycles. The van der Waals surface area contributed by atoms with Gasteiger partial charge >= 0.3 is 0 Å². The van der Waals surface area contributed by atoms with Crippen LogP contribution >= 0.6 is 0 Å². The lowest BCUT2D eigenvalue weighted by atomic mass is 10.1. The smallest absolute Gasteiger partial charge is 0.123 e. The summed E-state index contributed by atoms with van der Waals surface area (Å²) in [5.74, 6) is -0.284. The lowest BCUT2D eigenvalue weighted by Gasteiger charge is -2.34. The van der Waals surface area contributed by atoms with Crippen molar-refractivity contribution < 1.29 is 9.50 Å². The molecule has 1 fully saturated rings. The molecule has 0 amide bonds. The lowest BCUT2D eigenvalue weighted by molar-refractivity contribution is 0.105. The summed E-state index contributed by atoms with van der Waals surface area (Å²) in [4.78, 5) is 4.80. The first-order valence-electron chi connectivity index (χ1n) is 7.07. The molecule has 1 unspecified atom stereocenters. The largest absolute Gasteiger partial charge is 0.388 e. The second kappa shape index (κ2) is 6.98. The van der Waals surface area contributed by atoms with Gasteiger partial charge in [0, 0.05) is 32.7 Å². The first-order valence-corrected chi connectivity index (χ1v) is 7.07. The van der Waals surface area contributed by atoms with Crippen molar-refractivity contribution in [3.63, 3.8) is 0 Å². The number of hydrogen-bond donors (Lipinski definition) is 1. The third-order valence-electron chi connectivity index (χ3n) is 3.86. The molecular weight excluding hydrogens is 243 g/mol. The monoisotopic (exact) mass is 266 g/mol. The van der Waals surface area contributed by atoms with E-state index in [9.17, 15) is 9.50 Å². The molecule has 0 saturated carbocycles. The summed E-state index contributed by atoms with van der Waals surface area (Å²) in [6, 6.07) is 6.25. The number of benzene rings is 1. The van der Waals surface area contributed by atoms with Gasteiger partial charge in [0.05, 0.1) is 6.10 Å². The van der Waals surface area contributed by atoms with E-state index in [1.54, 1.807) is 12.1 Å². The van der Waals surface area contributed by atoms with Crippen LogP contribution in [0.25, 0.3) is 0 Å². The molecule has 106 valence electrons. The first-order chi connectivity index (χ1) is 9.19. The van der Waals surface area contributed by atoms with Crippen molar-refractivity contribution in [1.82, 2.24) is 9.80 Å². The van der Waals surface area contributed by atoms with Gasteiger partial charge in [0.1, 0.15) is 5.82 Å². The van der Waals surface area contributed by atoms with Gasteiger partial charge in [-0.2, -0.15) is 0 Å². The van der Waals surface area contributed by atoms with Gasteiger partial charge in [-0.1, -0.05) is 19.1 Å². The summed E-state index contributed by atoms with van der Waals surface area (Å²) in [6.45, 7) is 8.49. The summed E-state index contributed by atoms with van der Waals surface area (Å²) >= 11 is 0. The molecule has 0 spiro atoms. The van der Waals surface area contributed by atoms with Crippen molar-refractivity contribution in [3.8, 4) is 0 Å². The number of hydrogen-bond acceptors (Lipinski definition) is 3. The zero-order chi connectivity index (χ0) is 13.7. The Morgan fingerprint density at radius 2 is 1.89 bits per heavy atom. The van der Waals surface area contributed by atoms with E-state index in [-0.39, 0.29) is 5.82 Å². The maximum Gasteiger partial charge on any atom is 0.123 e. The van der Waals surface area contributed by atoms with Gasteiger partial charge in [0.15, 0.2) is 0 Å². The molecule has 1 saturated heterocycles. The van der Waals surface area contributed by atoms with E-state index in [4.69, 9.17) is 0 Å². The van der Waals surface area contributed by atoms with Gasteiger partial charge in [0.25, 0.3) is 0 Å². The molecule has 1 aromatic rings. The van der Waals surface area contributed by atoms with Crippen molar-refractivity contribution in [2.75, 3.05) is 39.3 Å². The summed E-state index contributed by atoms with van der Waals surface area (Å²) < 4.78 is 13.1. The maximum atomic E-state index is 13.1. The minimum Gasteiger partial charge on any atom is -0.388 e. The number of aliphatic hydroxyl groups excluding tert-OH is 1. The molecule has 1 N–H and O–H groups in total. The zero-order valence-electron chi connectivity index (χ0n) is 11.6. The Kier molecular flexibility index (Phi) is 5.31. The van der Waals surface area contributed by atoms with Crippen LogP contribution in [0.4, 0.5) is 4.39 Å². The summed E-state index contributed by atoms with van der Waals surface area (Å²) in [5.41, 5.74) is 0.673. The highest BCUT2D eigenvalue weighted by Crippen LogP contribution is 2.18. The fourth-order valence-corrected chi connectivity index (χ4v) is 2.51. The van der Waals surface area contributed by atoms with E-state index in [0.29, 0.717) is 12.0 Å². The second-order valence-electron chi connectivity index (χ2n) is 5.14. The second-order valence-corrected chi connectivity index (χ2v) is 5.14. The third kappa shape index (κ3) is 4.27. The molecule has 2 rings (SSSR count). The predicted molar refractivity (Wildman–Crippen MR) is 74.5 cm³/mol. The molecule has 3 nitrogen and oxygen atoms in total. The number of aliphatic hydroxyl groups is 1. The average Bonchev–Trinajstić information content (AvgIpc) is 2.45. The van der Waals surface area contributed by atoms with Crippen LogP contribution in [0, 0.1) is 5.82 Å². The Morgan fingerprint density at radius 1 is 1.21 bits per heavy atom. The van der Waals surface area contributed by atoms with Crippen LogP contribution in [0.15, 0.2) is 24.3 Å². The van der Waals surface area contributed by atoms with Crippen molar-refractivity contribution in [2.45, 2.75) is 19.4 Å². The van der Waals surface area contributed by atoms with Gasteiger partial charge in [0.2, 0.25) is 0 Å². The van der Waals surface area contributed by atoms with Crippen LogP contribution in [0.3, 0.4) is 0 Å². The Bertz CT molecular complexity index is 391. The third-order valence-corrected chi connectivity index (χ3v) is 3.86. The molecule has 0 bridgehead atoms. The van der Waals surface area contributed by atoms with Crippen molar-refractivity contribution in [2.24, 2.45) is 0 Å². The molecule has 0 aromatic heterocycles.